The first-order valence-electron chi connectivity index (χ1n) is 5.77. The summed E-state index contributed by atoms with van der Waals surface area (Å²) in [4.78, 5) is 17.1. The lowest BCUT2D eigenvalue weighted by Gasteiger charge is -2.34. The van der Waals surface area contributed by atoms with Crippen LogP contribution < -0.4 is 4.90 Å². The first-order chi connectivity index (χ1) is 8.22. The maximum Gasteiger partial charge on any atom is 0.356 e. The van der Waals surface area contributed by atoms with Crippen LogP contribution in [-0.2, 0) is 4.74 Å². The lowest BCUT2D eigenvalue weighted by atomic mass is 10.2. The number of ether oxygens (including phenoxy) is 1. The van der Waals surface area contributed by atoms with E-state index in [1.165, 1.54) is 6.20 Å². The van der Waals surface area contributed by atoms with Crippen molar-refractivity contribution in [2.45, 2.75) is 19.4 Å². The highest BCUT2D eigenvalue weighted by molar-refractivity contribution is 5.92. The minimum absolute atomic E-state index is 0.115. The van der Waals surface area contributed by atoms with E-state index in [0.717, 1.165) is 13.0 Å². The van der Waals surface area contributed by atoms with E-state index in [9.17, 15) is 4.79 Å². The van der Waals surface area contributed by atoms with Gasteiger partial charge in [0.05, 0.1) is 18.4 Å². The molecule has 0 amide bonds. The molecular weight excluding hydrogens is 220 g/mol. The van der Waals surface area contributed by atoms with Crippen molar-refractivity contribution in [3.8, 4) is 0 Å². The molecule has 1 N–H and O–H groups in total. The molecule has 1 atom stereocenters. The molecule has 0 spiro atoms. The SMILES string of the molecule is CCC1CN(c2cccnc2C(=O)O)CCO1. The van der Waals surface area contributed by atoms with E-state index in [1.54, 1.807) is 12.1 Å². The fourth-order valence-electron chi connectivity index (χ4n) is 2.00. The Hall–Kier alpha value is -1.62. The number of morpholine rings is 1. The minimum atomic E-state index is -0.986. The molecule has 1 aromatic rings. The van der Waals surface area contributed by atoms with Gasteiger partial charge in [-0.3, -0.25) is 0 Å². The number of aromatic carboxylic acids is 1. The second-order valence-corrected chi connectivity index (χ2v) is 4.02. The van der Waals surface area contributed by atoms with Crippen LogP contribution in [0.4, 0.5) is 5.69 Å². The van der Waals surface area contributed by atoms with Crippen molar-refractivity contribution >= 4 is 11.7 Å². The van der Waals surface area contributed by atoms with Gasteiger partial charge in [0.15, 0.2) is 5.69 Å². The number of carboxylic acid groups (broad SMARTS) is 1. The number of rotatable bonds is 3. The molecule has 2 rings (SSSR count). The summed E-state index contributed by atoms with van der Waals surface area (Å²) in [5, 5.41) is 9.10. The van der Waals surface area contributed by atoms with Crippen LogP contribution in [0.25, 0.3) is 0 Å². The highest BCUT2D eigenvalue weighted by Gasteiger charge is 2.23. The fraction of sp³-hybridized carbons (Fsp3) is 0.500. The molecule has 2 heterocycles. The Balaban J connectivity index is 2.24. The van der Waals surface area contributed by atoms with Crippen molar-refractivity contribution in [1.29, 1.82) is 0 Å². The smallest absolute Gasteiger partial charge is 0.356 e. The van der Waals surface area contributed by atoms with Gasteiger partial charge in [0.25, 0.3) is 0 Å². The monoisotopic (exact) mass is 236 g/mol. The van der Waals surface area contributed by atoms with Gasteiger partial charge < -0.3 is 14.7 Å². The molecule has 1 aromatic heterocycles. The Bertz CT molecular complexity index is 408. The van der Waals surface area contributed by atoms with Gasteiger partial charge in [0.2, 0.25) is 0 Å². The van der Waals surface area contributed by atoms with Crippen LogP contribution in [0.2, 0.25) is 0 Å². The summed E-state index contributed by atoms with van der Waals surface area (Å²) in [6.07, 6.45) is 2.61. The Kier molecular flexibility index (Phi) is 3.58. The van der Waals surface area contributed by atoms with Gasteiger partial charge in [0.1, 0.15) is 0 Å². The fourth-order valence-corrected chi connectivity index (χ4v) is 2.00. The van der Waals surface area contributed by atoms with E-state index >= 15 is 0 Å². The molecule has 17 heavy (non-hydrogen) atoms. The average Bonchev–Trinajstić information content (AvgIpc) is 2.39. The molecule has 0 aliphatic carbocycles. The summed E-state index contributed by atoms with van der Waals surface area (Å²) in [5.41, 5.74) is 0.797. The van der Waals surface area contributed by atoms with Gasteiger partial charge in [0, 0.05) is 19.3 Å². The Morgan fingerprint density at radius 2 is 2.53 bits per heavy atom. The summed E-state index contributed by atoms with van der Waals surface area (Å²) >= 11 is 0. The topological polar surface area (TPSA) is 62.7 Å². The van der Waals surface area contributed by atoms with E-state index in [2.05, 4.69) is 11.9 Å². The van der Waals surface area contributed by atoms with Crippen LogP contribution in [0.1, 0.15) is 23.8 Å². The van der Waals surface area contributed by atoms with Gasteiger partial charge in [-0.15, -0.1) is 0 Å². The lowest BCUT2D eigenvalue weighted by Crippen LogP contribution is -2.42. The van der Waals surface area contributed by atoms with Crippen molar-refractivity contribution < 1.29 is 14.6 Å². The number of anilines is 1. The third-order valence-electron chi connectivity index (χ3n) is 2.92. The van der Waals surface area contributed by atoms with Gasteiger partial charge in [-0.1, -0.05) is 6.92 Å². The van der Waals surface area contributed by atoms with Crippen LogP contribution in [-0.4, -0.2) is 41.9 Å². The second kappa shape index (κ2) is 5.14. The van der Waals surface area contributed by atoms with Crippen LogP contribution >= 0.6 is 0 Å². The summed E-state index contributed by atoms with van der Waals surface area (Å²) in [6.45, 7) is 4.13. The average molecular weight is 236 g/mol. The predicted octanol–water partition coefficient (Wildman–Crippen LogP) is 1.40. The van der Waals surface area contributed by atoms with Crippen LogP contribution in [0.15, 0.2) is 18.3 Å². The molecule has 5 heteroatoms. The number of hydrogen-bond acceptors (Lipinski definition) is 4. The summed E-state index contributed by atoms with van der Waals surface area (Å²) in [5.74, 6) is -0.986. The molecule has 0 radical (unpaired) electrons. The largest absolute Gasteiger partial charge is 0.476 e. The molecular formula is C12H16N2O3. The molecule has 0 aromatic carbocycles. The molecule has 0 saturated carbocycles. The van der Waals surface area contributed by atoms with E-state index < -0.39 is 5.97 Å². The Morgan fingerprint density at radius 1 is 1.71 bits per heavy atom. The highest BCUT2D eigenvalue weighted by atomic mass is 16.5. The zero-order chi connectivity index (χ0) is 12.3. The van der Waals surface area contributed by atoms with Crippen molar-refractivity contribution in [2.75, 3.05) is 24.6 Å². The highest BCUT2D eigenvalue weighted by Crippen LogP contribution is 2.21. The molecule has 1 aliphatic rings. The van der Waals surface area contributed by atoms with Gasteiger partial charge >= 0.3 is 5.97 Å². The summed E-state index contributed by atoms with van der Waals surface area (Å²) < 4.78 is 5.57. The van der Waals surface area contributed by atoms with Crippen molar-refractivity contribution in [1.82, 2.24) is 4.98 Å². The zero-order valence-electron chi connectivity index (χ0n) is 9.80. The zero-order valence-corrected chi connectivity index (χ0v) is 9.80. The van der Waals surface area contributed by atoms with Gasteiger partial charge in [-0.2, -0.15) is 0 Å². The van der Waals surface area contributed by atoms with Gasteiger partial charge in [-0.05, 0) is 18.6 Å². The first-order valence-corrected chi connectivity index (χ1v) is 5.77. The van der Waals surface area contributed by atoms with E-state index in [-0.39, 0.29) is 11.8 Å². The minimum Gasteiger partial charge on any atom is -0.476 e. The van der Waals surface area contributed by atoms with Crippen LogP contribution in [0.5, 0.6) is 0 Å². The van der Waals surface area contributed by atoms with Crippen molar-refractivity contribution in [3.05, 3.63) is 24.0 Å². The maximum absolute atomic E-state index is 11.1. The van der Waals surface area contributed by atoms with Crippen molar-refractivity contribution in [3.63, 3.8) is 0 Å². The Labute approximate surface area is 100 Å². The molecule has 1 fully saturated rings. The third kappa shape index (κ3) is 2.55. The number of hydrogen-bond donors (Lipinski definition) is 1. The summed E-state index contributed by atoms with van der Waals surface area (Å²) in [7, 11) is 0. The number of pyridine rings is 1. The maximum atomic E-state index is 11.1. The normalized spacial score (nSPS) is 20.3. The van der Waals surface area contributed by atoms with Crippen molar-refractivity contribution in [2.24, 2.45) is 0 Å². The number of nitrogens with zero attached hydrogens (tertiary/aromatic N) is 2. The number of aromatic nitrogens is 1. The molecule has 1 unspecified atom stereocenters. The van der Waals surface area contributed by atoms with E-state index in [0.29, 0.717) is 18.8 Å². The third-order valence-corrected chi connectivity index (χ3v) is 2.92. The second-order valence-electron chi connectivity index (χ2n) is 4.02. The van der Waals surface area contributed by atoms with E-state index in [1.807, 2.05) is 4.90 Å². The Morgan fingerprint density at radius 3 is 3.24 bits per heavy atom. The number of carboxylic acids is 1. The summed E-state index contributed by atoms with van der Waals surface area (Å²) in [6, 6.07) is 3.56. The quantitative estimate of drug-likeness (QED) is 0.859. The standard InChI is InChI=1S/C12H16N2O3/c1-2-9-8-14(6-7-17-9)10-4-3-5-13-11(10)12(15)16/h3-5,9H,2,6-8H2,1H3,(H,15,16). The van der Waals surface area contributed by atoms with Crippen LogP contribution in [0, 0.1) is 0 Å². The van der Waals surface area contributed by atoms with Gasteiger partial charge in [-0.25, -0.2) is 9.78 Å². The molecule has 1 saturated heterocycles. The first kappa shape index (κ1) is 11.9. The number of carbonyl (C=O) groups is 1. The lowest BCUT2D eigenvalue weighted by molar-refractivity contribution is 0.0381. The molecule has 1 aliphatic heterocycles. The predicted molar refractivity (Wildman–Crippen MR) is 63.4 cm³/mol. The molecule has 5 nitrogen and oxygen atoms in total. The van der Waals surface area contributed by atoms with E-state index in [4.69, 9.17) is 9.84 Å². The molecule has 0 bridgehead atoms. The molecule has 92 valence electrons. The van der Waals surface area contributed by atoms with Crippen LogP contribution in [0.3, 0.4) is 0 Å².